The number of carbonyl (C=O) groups is 1. The number of benzene rings is 1. The van der Waals surface area contributed by atoms with Gasteiger partial charge in [0.15, 0.2) is 23.2 Å². The minimum atomic E-state index is -4.71. The van der Waals surface area contributed by atoms with Crippen molar-refractivity contribution < 1.29 is 46.4 Å². The minimum Gasteiger partial charge on any atom is -0.394 e. The van der Waals surface area contributed by atoms with Crippen molar-refractivity contribution in [1.82, 2.24) is 29.3 Å². The largest absolute Gasteiger partial charge is 0.416 e. The van der Waals surface area contributed by atoms with Gasteiger partial charge in [-0.25, -0.2) is 18.1 Å². The monoisotopic (exact) mass is 652 g/mol. The Hall–Kier alpha value is -4.17. The van der Waals surface area contributed by atoms with Crippen LogP contribution in [0.15, 0.2) is 47.9 Å². The molecule has 2 aliphatic rings. The molecule has 4 atom stereocenters. The van der Waals surface area contributed by atoms with Gasteiger partial charge in [0.1, 0.15) is 18.3 Å². The molecular formula is C26H27F3N8O7S. The summed E-state index contributed by atoms with van der Waals surface area (Å²) in [6, 6.07) is 2.61. The molecule has 5 N–H and O–H groups in total. The lowest BCUT2D eigenvalue weighted by molar-refractivity contribution is -0.137. The van der Waals surface area contributed by atoms with E-state index in [4.69, 9.17) is 4.74 Å². The molecule has 4 heterocycles. The Morgan fingerprint density at radius 1 is 1.09 bits per heavy atom. The van der Waals surface area contributed by atoms with Gasteiger partial charge in [0.05, 0.1) is 41.5 Å². The number of alkyl halides is 3. The molecule has 240 valence electrons. The third-order valence-corrected chi connectivity index (χ3v) is 9.15. The van der Waals surface area contributed by atoms with Crippen LogP contribution in [-0.4, -0.2) is 89.2 Å². The zero-order chi connectivity index (χ0) is 32.1. The number of rotatable bonds is 7. The second-order valence-electron chi connectivity index (χ2n) is 10.7. The van der Waals surface area contributed by atoms with E-state index in [1.54, 1.807) is 0 Å². The van der Waals surface area contributed by atoms with Crippen LogP contribution in [0.2, 0.25) is 0 Å². The Balaban J connectivity index is 1.30. The molecule has 1 aliphatic carbocycles. The molecule has 0 spiro atoms. The molecule has 6 rings (SSSR count). The Kier molecular flexibility index (Phi) is 7.98. The molecule has 19 heteroatoms. The SMILES string of the molecule is O=C(Nc1cnn(-c2nc(NC3CCCC3)c3ncn(C4OC(CO)C(O)C4O)c3n2)c1)S(=O)(=O)c1ccc(C(F)(F)F)cc1. The predicted octanol–water partition coefficient (Wildman–Crippen LogP) is 2.00. The maximum absolute atomic E-state index is 12.9. The van der Waals surface area contributed by atoms with Crippen molar-refractivity contribution in [3.8, 4) is 5.95 Å². The molecule has 2 fully saturated rings. The summed E-state index contributed by atoms with van der Waals surface area (Å²) in [6.45, 7) is -0.535. The number of fused-ring (bicyclic) bond motifs is 1. The molecule has 1 saturated heterocycles. The van der Waals surface area contributed by atoms with Crippen molar-refractivity contribution in [2.75, 3.05) is 17.2 Å². The van der Waals surface area contributed by atoms with Crippen molar-refractivity contribution in [3.63, 3.8) is 0 Å². The average Bonchev–Trinajstić information content (AvgIpc) is 3.82. The normalized spacial score (nSPS) is 22.7. The number of aliphatic hydroxyl groups excluding tert-OH is 3. The fourth-order valence-electron chi connectivity index (χ4n) is 5.28. The molecule has 3 aromatic heterocycles. The molecule has 4 aromatic rings. The molecule has 0 bridgehead atoms. The number of hydrogen-bond donors (Lipinski definition) is 5. The van der Waals surface area contributed by atoms with E-state index in [2.05, 4.69) is 30.7 Å². The Bertz CT molecular complexity index is 1820. The highest BCUT2D eigenvalue weighted by molar-refractivity contribution is 8.06. The van der Waals surface area contributed by atoms with E-state index >= 15 is 0 Å². The average molecular weight is 653 g/mol. The Morgan fingerprint density at radius 3 is 2.44 bits per heavy atom. The van der Waals surface area contributed by atoms with Crippen molar-refractivity contribution in [2.45, 2.75) is 67.3 Å². The van der Waals surface area contributed by atoms with Gasteiger partial charge in [0.2, 0.25) is 0 Å². The first-order valence-corrected chi connectivity index (χ1v) is 15.3. The Labute approximate surface area is 252 Å². The molecule has 1 aromatic carbocycles. The van der Waals surface area contributed by atoms with Crippen LogP contribution in [0.3, 0.4) is 0 Å². The van der Waals surface area contributed by atoms with Crippen LogP contribution in [-0.2, 0) is 20.8 Å². The zero-order valence-corrected chi connectivity index (χ0v) is 24.0. The third kappa shape index (κ3) is 5.84. The lowest BCUT2D eigenvalue weighted by Crippen LogP contribution is -2.33. The number of amides is 1. The zero-order valence-electron chi connectivity index (χ0n) is 23.2. The number of carbonyl (C=O) groups excluding carboxylic acids is 1. The number of anilines is 2. The fraction of sp³-hybridized carbons (Fsp3) is 0.423. The van der Waals surface area contributed by atoms with Gasteiger partial charge >= 0.3 is 11.4 Å². The summed E-state index contributed by atoms with van der Waals surface area (Å²) in [4.78, 5) is 25.5. The van der Waals surface area contributed by atoms with Gasteiger partial charge in [-0.1, -0.05) is 12.8 Å². The number of aromatic nitrogens is 6. The van der Waals surface area contributed by atoms with Gasteiger partial charge in [-0.3, -0.25) is 9.36 Å². The van der Waals surface area contributed by atoms with Gasteiger partial charge in [-0.15, -0.1) is 0 Å². The van der Waals surface area contributed by atoms with Crippen LogP contribution in [0.1, 0.15) is 37.5 Å². The van der Waals surface area contributed by atoms with Gasteiger partial charge in [0, 0.05) is 6.04 Å². The van der Waals surface area contributed by atoms with Crippen molar-refractivity contribution >= 4 is 37.7 Å². The van der Waals surface area contributed by atoms with Gasteiger partial charge in [-0.05, 0) is 37.1 Å². The molecule has 15 nitrogen and oxygen atoms in total. The first kappa shape index (κ1) is 30.8. The van der Waals surface area contributed by atoms with Gasteiger partial charge in [0.25, 0.3) is 15.8 Å². The van der Waals surface area contributed by atoms with E-state index in [1.165, 1.54) is 17.1 Å². The lowest BCUT2D eigenvalue weighted by atomic mass is 10.1. The fourth-order valence-corrected chi connectivity index (χ4v) is 6.24. The van der Waals surface area contributed by atoms with Crippen LogP contribution >= 0.6 is 0 Å². The smallest absolute Gasteiger partial charge is 0.394 e. The van der Waals surface area contributed by atoms with Crippen LogP contribution < -0.4 is 10.6 Å². The first-order valence-electron chi connectivity index (χ1n) is 13.8. The summed E-state index contributed by atoms with van der Waals surface area (Å²) in [7, 11) is -4.71. The second kappa shape index (κ2) is 11.6. The molecule has 1 amide bonds. The lowest BCUT2D eigenvalue weighted by Gasteiger charge is -2.18. The van der Waals surface area contributed by atoms with E-state index in [0.29, 0.717) is 35.6 Å². The molecule has 1 aliphatic heterocycles. The number of aliphatic hydroxyl groups is 3. The number of nitrogens with zero attached hydrogens (tertiary/aromatic N) is 6. The van der Waals surface area contributed by atoms with Crippen molar-refractivity contribution in [3.05, 3.63) is 48.5 Å². The van der Waals surface area contributed by atoms with E-state index in [0.717, 1.165) is 36.6 Å². The summed E-state index contributed by atoms with van der Waals surface area (Å²) in [5, 5.41) is 38.6. The van der Waals surface area contributed by atoms with Crippen molar-refractivity contribution in [2.24, 2.45) is 0 Å². The first-order chi connectivity index (χ1) is 21.4. The highest BCUT2D eigenvalue weighted by Crippen LogP contribution is 2.34. The predicted molar refractivity (Wildman–Crippen MR) is 149 cm³/mol. The van der Waals surface area contributed by atoms with Crippen molar-refractivity contribution in [1.29, 1.82) is 0 Å². The van der Waals surface area contributed by atoms with Crippen LogP contribution in [0.4, 0.5) is 29.5 Å². The molecule has 0 radical (unpaired) electrons. The second-order valence-corrected chi connectivity index (χ2v) is 12.5. The topological polar surface area (TPSA) is 207 Å². The maximum Gasteiger partial charge on any atom is 0.416 e. The van der Waals surface area contributed by atoms with E-state index in [-0.39, 0.29) is 23.3 Å². The van der Waals surface area contributed by atoms with E-state index in [1.807, 2.05) is 0 Å². The van der Waals surface area contributed by atoms with Crippen LogP contribution in [0.5, 0.6) is 0 Å². The van der Waals surface area contributed by atoms with Gasteiger partial charge in [-0.2, -0.15) is 28.2 Å². The number of halogens is 3. The minimum absolute atomic E-state index is 0.0393. The quantitative estimate of drug-likeness (QED) is 0.194. The van der Waals surface area contributed by atoms with Gasteiger partial charge < -0.3 is 30.7 Å². The summed E-state index contributed by atoms with van der Waals surface area (Å²) >= 11 is 0. The molecule has 45 heavy (non-hydrogen) atoms. The van der Waals surface area contributed by atoms with E-state index in [9.17, 15) is 41.7 Å². The summed E-state index contributed by atoms with van der Waals surface area (Å²) in [5.41, 5.74) is -0.643. The number of nitrogens with one attached hydrogen (secondary N) is 2. The number of imidazole rings is 1. The number of hydrogen-bond acceptors (Lipinski definition) is 12. The molecular weight excluding hydrogens is 625 g/mol. The summed E-state index contributed by atoms with van der Waals surface area (Å²) in [6.07, 6.45) is -2.12. The van der Waals surface area contributed by atoms with E-state index < -0.39 is 62.9 Å². The molecule has 4 unspecified atom stereocenters. The summed E-state index contributed by atoms with van der Waals surface area (Å²) < 4.78 is 72.2. The van der Waals surface area contributed by atoms with Crippen LogP contribution in [0.25, 0.3) is 17.1 Å². The third-order valence-electron chi connectivity index (χ3n) is 7.67. The summed E-state index contributed by atoms with van der Waals surface area (Å²) in [5.74, 6) is 0.293. The number of sulfone groups is 1. The number of ether oxygens (including phenoxy) is 1. The Morgan fingerprint density at radius 2 is 1.80 bits per heavy atom. The highest BCUT2D eigenvalue weighted by Gasteiger charge is 2.44. The van der Waals surface area contributed by atoms with Crippen LogP contribution in [0, 0.1) is 0 Å². The highest BCUT2D eigenvalue weighted by atomic mass is 32.2. The molecule has 1 saturated carbocycles. The maximum atomic E-state index is 12.9. The standard InChI is InChI=1S/C26H27F3N8O7S/c27-26(28,29)13-5-7-16(8-6-13)45(42,43)25(41)33-15-9-31-37(10-15)24-34-21(32-14-3-1-2-4-14)18-22(35-24)36(12-30-18)23-20(40)19(39)17(11-38)44-23/h5-10,12,14,17,19-20,23,38-40H,1-4,11H2,(H,33,41)(H,32,34,35).